The molecule has 1 fully saturated rings. The third kappa shape index (κ3) is 3.45. The number of imide groups is 1. The summed E-state index contributed by atoms with van der Waals surface area (Å²) in [4.78, 5) is 38.3. The van der Waals surface area contributed by atoms with E-state index >= 15 is 0 Å². The number of halogens is 2. The highest BCUT2D eigenvalue weighted by atomic mass is 79.9. The molecule has 3 rings (SSSR count). The third-order valence-corrected chi connectivity index (χ3v) is 4.95. The van der Waals surface area contributed by atoms with Crippen LogP contribution in [0.1, 0.15) is 12.5 Å². The van der Waals surface area contributed by atoms with E-state index in [1.54, 1.807) is 49.4 Å². The van der Waals surface area contributed by atoms with Crippen LogP contribution in [-0.2, 0) is 15.1 Å². The van der Waals surface area contributed by atoms with Crippen molar-refractivity contribution in [2.45, 2.75) is 12.5 Å². The summed E-state index contributed by atoms with van der Waals surface area (Å²) in [6.07, 6.45) is 0. The van der Waals surface area contributed by atoms with Crippen LogP contribution in [-0.4, -0.2) is 29.3 Å². The summed E-state index contributed by atoms with van der Waals surface area (Å²) in [5.74, 6) is -1.00. The smallest absolute Gasteiger partial charge is 0.323 e. The molecule has 8 heteroatoms. The molecule has 0 saturated carbocycles. The van der Waals surface area contributed by atoms with Crippen molar-refractivity contribution in [1.29, 1.82) is 0 Å². The predicted octanol–water partition coefficient (Wildman–Crippen LogP) is 3.51. The minimum atomic E-state index is -1.23. The Morgan fingerprint density at radius 2 is 1.96 bits per heavy atom. The summed E-state index contributed by atoms with van der Waals surface area (Å²) in [6.45, 7) is 1.21. The average Bonchev–Trinajstić information content (AvgIpc) is 2.81. The van der Waals surface area contributed by atoms with E-state index in [0.717, 1.165) is 9.37 Å². The molecular formula is C18H15BrClN3O3. The van der Waals surface area contributed by atoms with Crippen LogP contribution in [0.4, 0.5) is 10.5 Å². The van der Waals surface area contributed by atoms with Crippen LogP contribution in [0, 0.1) is 0 Å². The number of amides is 4. The van der Waals surface area contributed by atoms with Crippen LogP contribution >= 0.6 is 27.5 Å². The normalized spacial score (nSPS) is 19.4. The molecule has 2 aromatic rings. The molecule has 1 saturated heterocycles. The molecule has 2 aromatic carbocycles. The first-order chi connectivity index (χ1) is 12.3. The number of rotatable bonds is 4. The number of benzene rings is 2. The van der Waals surface area contributed by atoms with Crippen molar-refractivity contribution in [3.63, 3.8) is 0 Å². The van der Waals surface area contributed by atoms with Gasteiger partial charge in [0, 0.05) is 4.47 Å². The van der Waals surface area contributed by atoms with E-state index < -0.39 is 29.9 Å². The van der Waals surface area contributed by atoms with Crippen LogP contribution < -0.4 is 10.6 Å². The highest BCUT2D eigenvalue weighted by Gasteiger charge is 2.49. The van der Waals surface area contributed by atoms with Gasteiger partial charge >= 0.3 is 6.03 Å². The number of nitrogens with zero attached hydrogens (tertiary/aromatic N) is 1. The summed E-state index contributed by atoms with van der Waals surface area (Å²) >= 11 is 9.36. The summed E-state index contributed by atoms with van der Waals surface area (Å²) in [7, 11) is 0. The number of para-hydroxylation sites is 1. The molecule has 6 nitrogen and oxygen atoms in total. The lowest BCUT2D eigenvalue weighted by Gasteiger charge is -2.22. The summed E-state index contributed by atoms with van der Waals surface area (Å²) in [5.41, 5.74) is -0.189. The van der Waals surface area contributed by atoms with Gasteiger partial charge in [-0.2, -0.15) is 0 Å². The van der Waals surface area contributed by atoms with Crippen LogP contribution in [0.3, 0.4) is 0 Å². The monoisotopic (exact) mass is 435 g/mol. The Morgan fingerprint density at radius 3 is 2.65 bits per heavy atom. The highest BCUT2D eigenvalue weighted by molar-refractivity contribution is 9.10. The molecular weight excluding hydrogens is 422 g/mol. The average molecular weight is 437 g/mol. The molecule has 0 unspecified atom stereocenters. The van der Waals surface area contributed by atoms with Gasteiger partial charge in [-0.25, -0.2) is 4.79 Å². The minimum Gasteiger partial charge on any atom is -0.323 e. The standard InChI is InChI=1S/C18H15BrClN3O3/c1-18(11-5-4-6-12(19)9-11)16(25)23(17(26)22-18)10-15(24)21-14-8-3-2-7-13(14)20/h2-9H,10H2,1H3,(H,21,24)(H,22,26)/t18-/m0/s1. The van der Waals surface area contributed by atoms with Crippen molar-refractivity contribution in [1.82, 2.24) is 10.2 Å². The van der Waals surface area contributed by atoms with Gasteiger partial charge < -0.3 is 10.6 Å². The van der Waals surface area contributed by atoms with Crippen molar-refractivity contribution < 1.29 is 14.4 Å². The van der Waals surface area contributed by atoms with E-state index in [4.69, 9.17) is 11.6 Å². The van der Waals surface area contributed by atoms with E-state index in [9.17, 15) is 14.4 Å². The van der Waals surface area contributed by atoms with E-state index in [1.807, 2.05) is 6.07 Å². The fourth-order valence-electron chi connectivity index (χ4n) is 2.73. The fraction of sp³-hybridized carbons (Fsp3) is 0.167. The lowest BCUT2D eigenvalue weighted by atomic mass is 9.92. The van der Waals surface area contributed by atoms with Crippen LogP contribution in [0.15, 0.2) is 53.0 Å². The Balaban J connectivity index is 1.77. The van der Waals surface area contributed by atoms with Gasteiger partial charge in [0.1, 0.15) is 12.1 Å². The largest absolute Gasteiger partial charge is 0.325 e. The van der Waals surface area contributed by atoms with Crippen molar-refractivity contribution in [2.75, 3.05) is 11.9 Å². The molecule has 1 heterocycles. The summed E-state index contributed by atoms with van der Waals surface area (Å²) < 4.78 is 0.785. The molecule has 4 amide bonds. The SMILES string of the molecule is C[C@@]1(c2cccc(Br)c2)NC(=O)N(CC(=O)Nc2ccccc2Cl)C1=O. The maximum atomic E-state index is 12.8. The zero-order valence-electron chi connectivity index (χ0n) is 13.8. The molecule has 0 radical (unpaired) electrons. The van der Waals surface area contributed by atoms with Crippen LogP contribution in [0.25, 0.3) is 0 Å². The lowest BCUT2D eigenvalue weighted by molar-refractivity contribution is -0.133. The van der Waals surface area contributed by atoms with Crippen molar-refractivity contribution >= 4 is 51.1 Å². The lowest BCUT2D eigenvalue weighted by Crippen LogP contribution is -2.42. The van der Waals surface area contributed by atoms with Crippen molar-refractivity contribution in [3.05, 3.63) is 63.6 Å². The molecule has 2 N–H and O–H groups in total. The second kappa shape index (κ2) is 7.09. The van der Waals surface area contributed by atoms with Gasteiger partial charge in [-0.15, -0.1) is 0 Å². The van der Waals surface area contributed by atoms with Gasteiger partial charge in [0.2, 0.25) is 5.91 Å². The van der Waals surface area contributed by atoms with Gasteiger partial charge in [0.25, 0.3) is 5.91 Å². The number of nitrogens with one attached hydrogen (secondary N) is 2. The number of carbonyl (C=O) groups excluding carboxylic acids is 3. The number of urea groups is 1. The molecule has 26 heavy (non-hydrogen) atoms. The maximum absolute atomic E-state index is 12.8. The summed E-state index contributed by atoms with van der Waals surface area (Å²) in [6, 6.07) is 13.2. The molecule has 0 spiro atoms. The van der Waals surface area contributed by atoms with Gasteiger partial charge in [0.15, 0.2) is 0 Å². The van der Waals surface area contributed by atoms with E-state index in [2.05, 4.69) is 26.6 Å². The zero-order valence-corrected chi connectivity index (χ0v) is 16.1. The highest BCUT2D eigenvalue weighted by Crippen LogP contribution is 2.30. The molecule has 1 aliphatic rings. The van der Waals surface area contributed by atoms with Gasteiger partial charge in [-0.05, 0) is 36.8 Å². The topological polar surface area (TPSA) is 78.5 Å². The van der Waals surface area contributed by atoms with Crippen LogP contribution in [0.2, 0.25) is 5.02 Å². The molecule has 1 aliphatic heterocycles. The Bertz CT molecular complexity index is 905. The summed E-state index contributed by atoms with van der Waals surface area (Å²) in [5, 5.41) is 5.64. The number of hydrogen-bond donors (Lipinski definition) is 2. The Hall–Kier alpha value is -2.38. The second-order valence-electron chi connectivity index (χ2n) is 5.98. The number of hydrogen-bond acceptors (Lipinski definition) is 3. The quantitative estimate of drug-likeness (QED) is 0.720. The molecule has 0 aliphatic carbocycles. The molecule has 134 valence electrons. The Kier molecular flexibility index (Phi) is 5.02. The fourth-order valence-corrected chi connectivity index (χ4v) is 3.31. The number of carbonyl (C=O) groups is 3. The van der Waals surface area contributed by atoms with Crippen molar-refractivity contribution in [2.24, 2.45) is 0 Å². The van der Waals surface area contributed by atoms with E-state index in [0.29, 0.717) is 16.3 Å². The predicted molar refractivity (Wildman–Crippen MR) is 102 cm³/mol. The first-order valence-electron chi connectivity index (χ1n) is 7.76. The zero-order chi connectivity index (χ0) is 18.9. The Labute approximate surface area is 163 Å². The van der Waals surface area contributed by atoms with E-state index in [-0.39, 0.29) is 0 Å². The third-order valence-electron chi connectivity index (χ3n) is 4.13. The Morgan fingerprint density at radius 1 is 1.23 bits per heavy atom. The van der Waals surface area contributed by atoms with Crippen LogP contribution in [0.5, 0.6) is 0 Å². The molecule has 0 bridgehead atoms. The molecule has 0 aromatic heterocycles. The number of anilines is 1. The van der Waals surface area contributed by atoms with E-state index in [1.165, 1.54) is 0 Å². The minimum absolute atomic E-state index is 0.372. The first-order valence-corrected chi connectivity index (χ1v) is 8.93. The molecule has 1 atom stereocenters. The first kappa shape index (κ1) is 18.4. The van der Waals surface area contributed by atoms with Gasteiger partial charge in [-0.3, -0.25) is 14.5 Å². The van der Waals surface area contributed by atoms with Crippen molar-refractivity contribution in [3.8, 4) is 0 Å². The second-order valence-corrected chi connectivity index (χ2v) is 7.31. The maximum Gasteiger partial charge on any atom is 0.325 e. The van der Waals surface area contributed by atoms with Gasteiger partial charge in [-0.1, -0.05) is 51.8 Å². The van der Waals surface area contributed by atoms with Gasteiger partial charge in [0.05, 0.1) is 10.7 Å².